The normalized spacial score (nSPS) is 20.3. The summed E-state index contributed by atoms with van der Waals surface area (Å²) in [4.78, 5) is 17.8. The van der Waals surface area contributed by atoms with Crippen molar-refractivity contribution in [1.29, 1.82) is 5.26 Å². The van der Waals surface area contributed by atoms with Crippen molar-refractivity contribution in [3.05, 3.63) is 30.7 Å². The van der Waals surface area contributed by atoms with E-state index < -0.39 is 17.0 Å². The number of rotatable bonds is 5. The van der Waals surface area contributed by atoms with Gasteiger partial charge in [0, 0.05) is 37.1 Å². The van der Waals surface area contributed by atoms with Crippen LogP contribution in [0.2, 0.25) is 0 Å². The van der Waals surface area contributed by atoms with Gasteiger partial charge in [-0.15, -0.1) is 0 Å². The lowest BCUT2D eigenvalue weighted by molar-refractivity contribution is -0.128. The first-order valence-corrected chi connectivity index (χ1v) is 8.14. The Morgan fingerprint density at radius 2 is 2.27 bits per heavy atom. The second-order valence-corrected chi connectivity index (χ2v) is 6.85. The van der Waals surface area contributed by atoms with Gasteiger partial charge in [0.2, 0.25) is 5.60 Å². The van der Waals surface area contributed by atoms with E-state index in [9.17, 15) is 15.0 Å². The van der Waals surface area contributed by atoms with Gasteiger partial charge in [0.1, 0.15) is 11.9 Å². The number of aromatic nitrogens is 3. The lowest BCUT2D eigenvalue weighted by Gasteiger charge is -2.22. The lowest BCUT2D eigenvalue weighted by Crippen LogP contribution is -2.38. The van der Waals surface area contributed by atoms with Crippen LogP contribution >= 0.6 is 0 Å². The Hall–Kier alpha value is -2.96. The highest BCUT2D eigenvalue weighted by Gasteiger charge is 2.46. The number of hydrogen-bond acceptors (Lipinski definition) is 7. The molecule has 26 heavy (non-hydrogen) atoms. The van der Waals surface area contributed by atoms with Crippen LogP contribution in [-0.4, -0.2) is 49.6 Å². The standard InChI is InChI=1S/C17H20N6O3/c1-16(2,11-24)23-9-12(8-20-23)21-14-7-13(3-5-19-14)22-6-4-17(26,10-18)15(22)25/h3,5,7-9,24,26H,4,6,11H2,1-2H3,(H,19,21)/t17-/m0/s1. The fraction of sp³-hybridized carbons (Fsp3) is 0.412. The Morgan fingerprint density at radius 1 is 1.50 bits per heavy atom. The highest BCUT2D eigenvalue weighted by atomic mass is 16.3. The minimum Gasteiger partial charge on any atom is -0.394 e. The van der Waals surface area contributed by atoms with Crippen LogP contribution in [0.5, 0.6) is 0 Å². The van der Waals surface area contributed by atoms with Crippen LogP contribution in [0.15, 0.2) is 30.7 Å². The van der Waals surface area contributed by atoms with E-state index in [2.05, 4.69) is 15.4 Å². The van der Waals surface area contributed by atoms with Crippen LogP contribution in [0.3, 0.4) is 0 Å². The van der Waals surface area contributed by atoms with E-state index in [1.165, 1.54) is 11.1 Å². The Balaban J connectivity index is 1.79. The Kier molecular flexibility index (Phi) is 4.39. The number of aliphatic hydroxyl groups is 2. The molecule has 0 saturated carbocycles. The first-order chi connectivity index (χ1) is 12.3. The first kappa shape index (κ1) is 17.8. The third-order valence-electron chi connectivity index (χ3n) is 4.40. The average Bonchev–Trinajstić information content (AvgIpc) is 3.22. The van der Waals surface area contributed by atoms with Gasteiger partial charge < -0.3 is 20.4 Å². The molecule has 0 bridgehead atoms. The molecule has 9 nitrogen and oxygen atoms in total. The largest absolute Gasteiger partial charge is 0.394 e. The number of carbonyl (C=O) groups is 1. The number of nitrogens with one attached hydrogen (secondary N) is 1. The minimum atomic E-state index is -1.96. The molecule has 0 aliphatic carbocycles. The SMILES string of the molecule is CC(C)(CO)n1cc(Nc2cc(N3CC[C@](O)(C#N)C3=O)ccn2)cn1. The zero-order valence-corrected chi connectivity index (χ0v) is 14.5. The van der Waals surface area contributed by atoms with Gasteiger partial charge in [-0.25, -0.2) is 4.98 Å². The molecule has 2 aromatic heterocycles. The van der Waals surface area contributed by atoms with Gasteiger partial charge in [-0.3, -0.25) is 9.48 Å². The topological polar surface area (TPSA) is 127 Å². The number of nitrogens with zero attached hydrogens (tertiary/aromatic N) is 5. The van der Waals surface area contributed by atoms with E-state index in [1.54, 1.807) is 35.3 Å². The van der Waals surface area contributed by atoms with Crippen molar-refractivity contribution in [2.45, 2.75) is 31.4 Å². The highest BCUT2D eigenvalue weighted by Crippen LogP contribution is 2.29. The summed E-state index contributed by atoms with van der Waals surface area (Å²) in [6.45, 7) is 3.92. The lowest BCUT2D eigenvalue weighted by atomic mass is 10.1. The van der Waals surface area contributed by atoms with Crippen LogP contribution in [-0.2, 0) is 10.3 Å². The van der Waals surface area contributed by atoms with Crippen LogP contribution < -0.4 is 10.2 Å². The fourth-order valence-corrected chi connectivity index (χ4v) is 2.65. The number of aliphatic hydroxyl groups excluding tert-OH is 1. The first-order valence-electron chi connectivity index (χ1n) is 8.14. The molecule has 3 rings (SSSR count). The molecule has 136 valence electrons. The molecule has 1 fully saturated rings. The van der Waals surface area contributed by atoms with E-state index >= 15 is 0 Å². The summed E-state index contributed by atoms with van der Waals surface area (Å²) in [5, 5.41) is 35.7. The van der Waals surface area contributed by atoms with E-state index in [0.717, 1.165) is 0 Å². The van der Waals surface area contributed by atoms with E-state index in [0.29, 0.717) is 17.2 Å². The molecule has 1 aliphatic rings. The number of anilines is 3. The molecule has 2 aromatic rings. The molecule has 3 heterocycles. The maximum atomic E-state index is 12.3. The van der Waals surface area contributed by atoms with Gasteiger partial charge in [-0.2, -0.15) is 10.4 Å². The summed E-state index contributed by atoms with van der Waals surface area (Å²) in [5.41, 5.74) is -1.27. The molecule has 1 atom stereocenters. The van der Waals surface area contributed by atoms with Crippen LogP contribution in [0.4, 0.5) is 17.2 Å². The third-order valence-corrected chi connectivity index (χ3v) is 4.40. The second kappa shape index (κ2) is 6.40. The van der Waals surface area contributed by atoms with Gasteiger partial charge in [-0.1, -0.05) is 0 Å². The maximum Gasteiger partial charge on any atom is 0.273 e. The molecular weight excluding hydrogens is 336 g/mol. The second-order valence-electron chi connectivity index (χ2n) is 6.85. The molecule has 0 spiro atoms. The smallest absolute Gasteiger partial charge is 0.273 e. The molecule has 1 saturated heterocycles. The van der Waals surface area contributed by atoms with E-state index in [-0.39, 0.29) is 19.6 Å². The molecule has 9 heteroatoms. The number of hydrogen-bond donors (Lipinski definition) is 3. The van der Waals surface area contributed by atoms with Crippen molar-refractivity contribution in [2.75, 3.05) is 23.4 Å². The van der Waals surface area contributed by atoms with Crippen molar-refractivity contribution in [1.82, 2.24) is 14.8 Å². The Morgan fingerprint density at radius 3 is 2.92 bits per heavy atom. The van der Waals surface area contributed by atoms with Crippen LogP contribution in [0.25, 0.3) is 0 Å². The van der Waals surface area contributed by atoms with Gasteiger partial charge in [-0.05, 0) is 19.9 Å². The molecular formula is C17H20N6O3. The number of carbonyl (C=O) groups excluding carboxylic acids is 1. The Labute approximate surface area is 150 Å². The van der Waals surface area contributed by atoms with Gasteiger partial charge in [0.05, 0.1) is 24.0 Å². The summed E-state index contributed by atoms with van der Waals surface area (Å²) < 4.78 is 1.65. The van der Waals surface area contributed by atoms with Crippen molar-refractivity contribution in [3.8, 4) is 6.07 Å². The van der Waals surface area contributed by atoms with Crippen LogP contribution in [0, 0.1) is 11.3 Å². The van der Waals surface area contributed by atoms with E-state index in [4.69, 9.17) is 5.26 Å². The van der Waals surface area contributed by atoms with Crippen molar-refractivity contribution >= 4 is 23.1 Å². The van der Waals surface area contributed by atoms with Crippen molar-refractivity contribution in [3.63, 3.8) is 0 Å². The Bertz CT molecular complexity index is 871. The van der Waals surface area contributed by atoms with Gasteiger partial charge >= 0.3 is 0 Å². The number of nitriles is 1. The van der Waals surface area contributed by atoms with Crippen molar-refractivity contribution in [2.24, 2.45) is 0 Å². The number of pyridine rings is 1. The predicted molar refractivity (Wildman–Crippen MR) is 93.7 cm³/mol. The molecule has 3 N–H and O–H groups in total. The fourth-order valence-electron chi connectivity index (χ4n) is 2.65. The molecule has 0 aromatic carbocycles. The number of amides is 1. The molecule has 1 aliphatic heterocycles. The monoisotopic (exact) mass is 356 g/mol. The van der Waals surface area contributed by atoms with E-state index in [1.807, 2.05) is 13.8 Å². The maximum absolute atomic E-state index is 12.3. The molecule has 0 radical (unpaired) electrons. The van der Waals surface area contributed by atoms with Gasteiger partial charge in [0.25, 0.3) is 5.91 Å². The summed E-state index contributed by atoms with van der Waals surface area (Å²) in [6, 6.07) is 4.97. The average molecular weight is 356 g/mol. The zero-order valence-electron chi connectivity index (χ0n) is 14.5. The summed E-state index contributed by atoms with van der Waals surface area (Å²) >= 11 is 0. The summed E-state index contributed by atoms with van der Waals surface area (Å²) in [6.07, 6.45) is 4.97. The van der Waals surface area contributed by atoms with Gasteiger partial charge in [0.15, 0.2) is 0 Å². The van der Waals surface area contributed by atoms with Crippen molar-refractivity contribution < 1.29 is 15.0 Å². The summed E-state index contributed by atoms with van der Waals surface area (Å²) in [7, 11) is 0. The van der Waals surface area contributed by atoms with Crippen LogP contribution in [0.1, 0.15) is 20.3 Å². The highest BCUT2D eigenvalue weighted by molar-refractivity contribution is 6.03. The molecule has 0 unspecified atom stereocenters. The quantitative estimate of drug-likeness (QED) is 0.674. The zero-order chi connectivity index (χ0) is 18.9. The molecule has 1 amide bonds. The third kappa shape index (κ3) is 3.12. The summed E-state index contributed by atoms with van der Waals surface area (Å²) in [5.74, 6) is -0.140. The predicted octanol–water partition coefficient (Wildman–Crippen LogP) is 0.740. The minimum absolute atomic E-state index is 0.0548.